The molecular formula is C10H17BrN4O. The first-order valence-corrected chi connectivity index (χ1v) is 6.43. The minimum absolute atomic E-state index is 0.168. The molecule has 1 aliphatic heterocycles. The Kier molecular flexibility index (Phi) is 3.94. The largest absolute Gasteiger partial charge is 0.376 e. The summed E-state index contributed by atoms with van der Waals surface area (Å²) >= 11 is 3.44. The van der Waals surface area contributed by atoms with Gasteiger partial charge in [0, 0.05) is 13.7 Å². The van der Waals surface area contributed by atoms with Crippen LogP contribution in [-0.2, 0) is 11.8 Å². The fourth-order valence-corrected chi connectivity index (χ4v) is 2.73. The second-order valence-corrected chi connectivity index (χ2v) is 4.73. The number of likely N-dealkylation sites (N-methyl/N-ethyl adjacent to an activating group) is 1. The van der Waals surface area contributed by atoms with E-state index in [2.05, 4.69) is 38.5 Å². The van der Waals surface area contributed by atoms with E-state index >= 15 is 0 Å². The van der Waals surface area contributed by atoms with Gasteiger partial charge in [-0.25, -0.2) is 4.68 Å². The van der Waals surface area contributed by atoms with Gasteiger partial charge in [0.25, 0.3) is 0 Å². The summed E-state index contributed by atoms with van der Waals surface area (Å²) < 4.78 is 8.36. The topological polar surface area (TPSA) is 52.0 Å². The molecule has 2 heterocycles. The molecule has 0 amide bonds. The molecule has 1 aromatic heterocycles. The molecule has 2 rings (SSSR count). The van der Waals surface area contributed by atoms with Crippen molar-refractivity contribution < 1.29 is 4.74 Å². The maximum atomic E-state index is 5.75. The van der Waals surface area contributed by atoms with Crippen LogP contribution in [0.15, 0.2) is 4.60 Å². The van der Waals surface area contributed by atoms with Gasteiger partial charge in [-0.05, 0) is 35.3 Å². The molecule has 0 spiro atoms. The highest BCUT2D eigenvalue weighted by Crippen LogP contribution is 2.29. The Morgan fingerprint density at radius 2 is 2.50 bits per heavy atom. The summed E-state index contributed by atoms with van der Waals surface area (Å²) in [5.41, 5.74) is 1.06. The third kappa shape index (κ3) is 2.28. The van der Waals surface area contributed by atoms with E-state index in [0.29, 0.717) is 0 Å². The molecule has 5 nitrogen and oxygen atoms in total. The van der Waals surface area contributed by atoms with Gasteiger partial charge in [-0.2, -0.15) is 0 Å². The molecule has 2 atom stereocenters. The zero-order valence-corrected chi connectivity index (χ0v) is 11.2. The monoisotopic (exact) mass is 288 g/mol. The first-order chi connectivity index (χ1) is 7.74. The highest BCUT2D eigenvalue weighted by atomic mass is 79.9. The number of nitrogens with zero attached hydrogens (tertiary/aromatic N) is 3. The van der Waals surface area contributed by atoms with Gasteiger partial charge in [-0.15, -0.1) is 5.10 Å². The van der Waals surface area contributed by atoms with Crippen LogP contribution in [0.5, 0.6) is 0 Å². The predicted octanol–water partition coefficient (Wildman–Crippen LogP) is 1.41. The van der Waals surface area contributed by atoms with Gasteiger partial charge in [0.1, 0.15) is 0 Å². The van der Waals surface area contributed by atoms with E-state index in [-0.39, 0.29) is 12.1 Å². The smallest absolute Gasteiger partial charge is 0.153 e. The molecule has 1 aliphatic rings. The summed E-state index contributed by atoms with van der Waals surface area (Å²) in [5, 5.41) is 11.5. The van der Waals surface area contributed by atoms with Crippen molar-refractivity contribution in [1.29, 1.82) is 0 Å². The van der Waals surface area contributed by atoms with Crippen LogP contribution in [0.25, 0.3) is 0 Å². The Morgan fingerprint density at radius 1 is 1.69 bits per heavy atom. The number of aromatic nitrogens is 3. The maximum absolute atomic E-state index is 5.75. The molecule has 0 aromatic carbocycles. The molecule has 90 valence electrons. The van der Waals surface area contributed by atoms with Crippen LogP contribution in [0.3, 0.4) is 0 Å². The minimum atomic E-state index is 0.168. The molecule has 0 aliphatic carbocycles. The third-order valence-electron chi connectivity index (χ3n) is 2.88. The Labute approximate surface area is 104 Å². The second kappa shape index (κ2) is 5.25. The number of nitrogens with one attached hydrogen (secondary N) is 1. The molecule has 0 saturated carbocycles. The molecule has 1 N–H and O–H groups in total. The molecule has 0 radical (unpaired) electrons. The van der Waals surface area contributed by atoms with E-state index < -0.39 is 0 Å². The van der Waals surface area contributed by atoms with Gasteiger partial charge < -0.3 is 10.1 Å². The first kappa shape index (κ1) is 12.0. The maximum Gasteiger partial charge on any atom is 0.153 e. The van der Waals surface area contributed by atoms with Crippen LogP contribution < -0.4 is 5.32 Å². The standard InChI is InChI=1S/C10H17BrN4O/c1-3-12-8(7-5-4-6-16-7)9-10(11)13-14-15(9)2/h7-8,12H,3-6H2,1-2H3. The lowest BCUT2D eigenvalue weighted by Gasteiger charge is -2.23. The normalized spacial score (nSPS) is 22.6. The Morgan fingerprint density at radius 3 is 3.00 bits per heavy atom. The molecule has 16 heavy (non-hydrogen) atoms. The van der Waals surface area contributed by atoms with Gasteiger partial charge in [-0.1, -0.05) is 12.1 Å². The first-order valence-electron chi connectivity index (χ1n) is 5.64. The highest BCUT2D eigenvalue weighted by molar-refractivity contribution is 9.10. The minimum Gasteiger partial charge on any atom is -0.376 e. The molecule has 1 saturated heterocycles. The number of rotatable bonds is 4. The summed E-state index contributed by atoms with van der Waals surface area (Å²) in [6.07, 6.45) is 2.46. The zero-order valence-electron chi connectivity index (χ0n) is 9.61. The molecule has 2 unspecified atom stereocenters. The van der Waals surface area contributed by atoms with Crippen LogP contribution in [0.2, 0.25) is 0 Å². The van der Waals surface area contributed by atoms with Crippen molar-refractivity contribution in [3.05, 3.63) is 10.3 Å². The fourth-order valence-electron chi connectivity index (χ4n) is 2.16. The summed E-state index contributed by atoms with van der Waals surface area (Å²) in [6.45, 7) is 3.86. The average Bonchev–Trinajstić information content (AvgIpc) is 2.87. The third-order valence-corrected chi connectivity index (χ3v) is 3.45. The summed E-state index contributed by atoms with van der Waals surface area (Å²) in [5.74, 6) is 0. The Hall–Kier alpha value is -0.460. The van der Waals surface area contributed by atoms with Gasteiger partial charge in [0.15, 0.2) is 4.60 Å². The summed E-state index contributed by atoms with van der Waals surface area (Å²) in [4.78, 5) is 0. The van der Waals surface area contributed by atoms with Crippen LogP contribution in [0, 0.1) is 0 Å². The van der Waals surface area contributed by atoms with E-state index in [1.54, 1.807) is 4.68 Å². The van der Waals surface area contributed by atoms with Crippen LogP contribution in [0.4, 0.5) is 0 Å². The Balaban J connectivity index is 2.24. The summed E-state index contributed by atoms with van der Waals surface area (Å²) in [7, 11) is 1.91. The van der Waals surface area contributed by atoms with Gasteiger partial charge in [0.2, 0.25) is 0 Å². The van der Waals surface area contributed by atoms with E-state index in [9.17, 15) is 0 Å². The van der Waals surface area contributed by atoms with Crippen LogP contribution in [0.1, 0.15) is 31.5 Å². The lowest BCUT2D eigenvalue weighted by atomic mass is 10.1. The van der Waals surface area contributed by atoms with E-state index in [0.717, 1.165) is 36.3 Å². The molecule has 1 fully saturated rings. The molecule has 0 bridgehead atoms. The van der Waals surface area contributed by atoms with Crippen LogP contribution in [-0.4, -0.2) is 34.2 Å². The highest BCUT2D eigenvalue weighted by Gasteiger charge is 2.30. The fraction of sp³-hybridized carbons (Fsp3) is 0.800. The predicted molar refractivity (Wildman–Crippen MR) is 64.1 cm³/mol. The number of halogens is 1. The van der Waals surface area contributed by atoms with E-state index in [1.165, 1.54) is 0 Å². The average molecular weight is 289 g/mol. The van der Waals surface area contributed by atoms with Crippen molar-refractivity contribution in [2.75, 3.05) is 13.2 Å². The van der Waals surface area contributed by atoms with Gasteiger partial charge in [0.05, 0.1) is 17.8 Å². The second-order valence-electron chi connectivity index (χ2n) is 3.98. The van der Waals surface area contributed by atoms with Crippen molar-refractivity contribution in [3.8, 4) is 0 Å². The molecule has 1 aromatic rings. The number of ether oxygens (including phenoxy) is 1. The van der Waals surface area contributed by atoms with Crippen LogP contribution >= 0.6 is 15.9 Å². The summed E-state index contributed by atoms with van der Waals surface area (Å²) in [6, 6.07) is 0.168. The SMILES string of the molecule is CCNC(c1c(Br)nnn1C)C1CCCO1. The van der Waals surface area contributed by atoms with Crippen molar-refractivity contribution in [1.82, 2.24) is 20.3 Å². The van der Waals surface area contributed by atoms with Crippen molar-refractivity contribution in [2.24, 2.45) is 7.05 Å². The molecular weight excluding hydrogens is 272 g/mol. The van der Waals surface area contributed by atoms with Crippen molar-refractivity contribution in [3.63, 3.8) is 0 Å². The lowest BCUT2D eigenvalue weighted by Crippen LogP contribution is -2.33. The van der Waals surface area contributed by atoms with Gasteiger partial charge in [-0.3, -0.25) is 0 Å². The van der Waals surface area contributed by atoms with Gasteiger partial charge >= 0.3 is 0 Å². The van der Waals surface area contributed by atoms with E-state index in [1.807, 2.05) is 7.05 Å². The molecule has 6 heteroatoms. The number of aryl methyl sites for hydroxylation is 1. The zero-order chi connectivity index (χ0) is 11.5. The lowest BCUT2D eigenvalue weighted by molar-refractivity contribution is 0.0761. The van der Waals surface area contributed by atoms with E-state index in [4.69, 9.17) is 4.74 Å². The van der Waals surface area contributed by atoms with Crippen molar-refractivity contribution in [2.45, 2.75) is 31.9 Å². The van der Waals surface area contributed by atoms with Crippen molar-refractivity contribution >= 4 is 15.9 Å². The Bertz CT molecular complexity index is 329. The quantitative estimate of drug-likeness (QED) is 0.910. The number of hydrogen-bond acceptors (Lipinski definition) is 4. The number of hydrogen-bond donors (Lipinski definition) is 1.